The molecule has 0 unspecified atom stereocenters. The average molecular weight is 399 g/mol. The van der Waals surface area contributed by atoms with Crippen LogP contribution in [0.3, 0.4) is 0 Å². The van der Waals surface area contributed by atoms with Gasteiger partial charge in [0.25, 0.3) is 0 Å². The van der Waals surface area contributed by atoms with Gasteiger partial charge in [-0.15, -0.1) is 0 Å². The molecule has 0 atom stereocenters. The number of rotatable bonds is 6. The summed E-state index contributed by atoms with van der Waals surface area (Å²) in [5.41, 5.74) is 1.81. The molecule has 0 saturated heterocycles. The predicted octanol–water partition coefficient (Wildman–Crippen LogP) is 4.88. The number of Topliss-reactive ketones (excluding diaryl/α,β-unsaturated/α-hetero) is 1. The molecule has 0 spiro atoms. The Kier molecular flexibility index (Phi) is 5.34. The highest BCUT2D eigenvalue weighted by Gasteiger charge is 2.13. The molecule has 0 amide bonds. The largest absolute Gasteiger partial charge is 0.454 e. The van der Waals surface area contributed by atoms with Gasteiger partial charge in [-0.05, 0) is 31.2 Å². The van der Waals surface area contributed by atoms with Crippen molar-refractivity contribution in [2.45, 2.75) is 20.3 Å². The fraction of sp³-hybridized carbons (Fsp3) is 0.174. The van der Waals surface area contributed by atoms with E-state index in [1.165, 1.54) is 12.4 Å². The molecule has 0 fully saturated rings. The first kappa shape index (κ1) is 19.4. The van der Waals surface area contributed by atoms with Gasteiger partial charge in [0.2, 0.25) is 0 Å². The number of benzene rings is 2. The van der Waals surface area contributed by atoms with Gasteiger partial charge in [-0.25, -0.2) is 19.9 Å². The third-order valence-corrected chi connectivity index (χ3v) is 4.65. The van der Waals surface area contributed by atoms with Crippen LogP contribution in [0.5, 0.6) is 11.5 Å². The number of anilines is 2. The van der Waals surface area contributed by atoms with Gasteiger partial charge in [0.05, 0.1) is 17.9 Å². The summed E-state index contributed by atoms with van der Waals surface area (Å²) >= 11 is 0. The summed E-state index contributed by atoms with van der Waals surface area (Å²) in [5.74, 6) is 2.73. The number of aromatic nitrogens is 4. The minimum absolute atomic E-state index is 0.0995. The molecule has 0 aliphatic rings. The van der Waals surface area contributed by atoms with Gasteiger partial charge in [0.1, 0.15) is 17.4 Å². The molecular weight excluding hydrogens is 378 g/mol. The van der Waals surface area contributed by atoms with Crippen LogP contribution in [0.25, 0.3) is 10.9 Å². The lowest BCUT2D eigenvalue weighted by molar-refractivity contribution is 0.0978. The highest BCUT2D eigenvalue weighted by molar-refractivity contribution is 5.92. The van der Waals surface area contributed by atoms with Gasteiger partial charge in [-0.3, -0.25) is 4.79 Å². The monoisotopic (exact) mass is 399 g/mol. The maximum atomic E-state index is 11.7. The lowest BCUT2D eigenvalue weighted by Gasteiger charge is -2.21. The van der Waals surface area contributed by atoms with Gasteiger partial charge >= 0.3 is 0 Å². The van der Waals surface area contributed by atoms with Crippen molar-refractivity contribution in [3.05, 3.63) is 72.6 Å². The van der Waals surface area contributed by atoms with Crippen LogP contribution in [0.15, 0.2) is 60.9 Å². The maximum Gasteiger partial charge on any atom is 0.199 e. The molecule has 0 aliphatic carbocycles. The van der Waals surface area contributed by atoms with E-state index in [2.05, 4.69) is 19.9 Å². The fourth-order valence-corrected chi connectivity index (χ4v) is 3.11. The molecule has 2 aromatic carbocycles. The van der Waals surface area contributed by atoms with E-state index in [9.17, 15) is 4.79 Å². The summed E-state index contributed by atoms with van der Waals surface area (Å²) in [6.45, 7) is 3.66. The number of ether oxygens (including phenoxy) is 1. The molecule has 30 heavy (non-hydrogen) atoms. The summed E-state index contributed by atoms with van der Waals surface area (Å²) in [7, 11) is 1.96. The van der Waals surface area contributed by atoms with Crippen molar-refractivity contribution in [2.24, 2.45) is 0 Å². The molecule has 7 nitrogen and oxygen atoms in total. The van der Waals surface area contributed by atoms with E-state index in [0.29, 0.717) is 23.7 Å². The van der Waals surface area contributed by atoms with Crippen LogP contribution >= 0.6 is 0 Å². The first-order valence-electron chi connectivity index (χ1n) is 9.65. The molecular formula is C23H21N5O2. The molecule has 7 heteroatoms. The van der Waals surface area contributed by atoms with Crippen LogP contribution in [-0.2, 0) is 0 Å². The highest BCUT2D eigenvalue weighted by Crippen LogP contribution is 2.31. The maximum absolute atomic E-state index is 11.7. The van der Waals surface area contributed by atoms with Crippen molar-refractivity contribution in [3.8, 4) is 11.5 Å². The van der Waals surface area contributed by atoms with E-state index in [1.807, 2.05) is 67.4 Å². The quantitative estimate of drug-likeness (QED) is 0.427. The Morgan fingerprint density at radius 2 is 1.77 bits per heavy atom. The summed E-state index contributed by atoms with van der Waals surface area (Å²) in [4.78, 5) is 31.0. The lowest BCUT2D eigenvalue weighted by atomic mass is 10.2. The number of carbonyl (C=O) groups excluding carboxylic acids is 1. The minimum Gasteiger partial charge on any atom is -0.454 e. The Bertz CT molecular complexity index is 1210. The van der Waals surface area contributed by atoms with Gasteiger partial charge < -0.3 is 9.64 Å². The van der Waals surface area contributed by atoms with Crippen molar-refractivity contribution >= 4 is 28.2 Å². The van der Waals surface area contributed by atoms with E-state index in [0.717, 1.165) is 22.4 Å². The van der Waals surface area contributed by atoms with E-state index < -0.39 is 0 Å². The van der Waals surface area contributed by atoms with E-state index in [-0.39, 0.29) is 11.6 Å². The third-order valence-electron chi connectivity index (χ3n) is 4.65. The Morgan fingerprint density at radius 3 is 2.53 bits per heavy atom. The fourth-order valence-electron chi connectivity index (χ4n) is 3.11. The van der Waals surface area contributed by atoms with Crippen molar-refractivity contribution in [2.75, 3.05) is 11.9 Å². The smallest absolute Gasteiger partial charge is 0.199 e. The zero-order valence-corrected chi connectivity index (χ0v) is 17.0. The van der Waals surface area contributed by atoms with Crippen LogP contribution in [0.4, 0.5) is 11.5 Å². The van der Waals surface area contributed by atoms with E-state index in [1.54, 1.807) is 6.92 Å². The van der Waals surface area contributed by atoms with Crippen LogP contribution in [0, 0.1) is 6.92 Å². The average Bonchev–Trinajstić information content (AvgIpc) is 2.78. The molecule has 4 aromatic rings. The Balaban J connectivity index is 1.62. The van der Waals surface area contributed by atoms with Gasteiger partial charge in [-0.1, -0.05) is 25.1 Å². The first-order valence-corrected chi connectivity index (χ1v) is 9.65. The normalized spacial score (nSPS) is 10.8. The van der Waals surface area contributed by atoms with Gasteiger partial charge in [-0.2, -0.15) is 0 Å². The zero-order valence-electron chi connectivity index (χ0n) is 17.0. The predicted molar refractivity (Wildman–Crippen MR) is 116 cm³/mol. The van der Waals surface area contributed by atoms with Crippen LogP contribution < -0.4 is 9.64 Å². The van der Waals surface area contributed by atoms with Crippen molar-refractivity contribution in [1.29, 1.82) is 0 Å². The minimum atomic E-state index is -0.0995. The van der Waals surface area contributed by atoms with Crippen molar-refractivity contribution in [1.82, 2.24) is 19.9 Å². The molecule has 0 radical (unpaired) electrons. The summed E-state index contributed by atoms with van der Waals surface area (Å²) in [6.07, 6.45) is 3.38. The van der Waals surface area contributed by atoms with Gasteiger partial charge in [0, 0.05) is 30.6 Å². The standard InChI is InChI=1S/C23H21N5O2/c1-4-21(29)22-24-13-18(14-25-22)30-17-9-7-8-16(12-17)28(3)23-19-10-5-6-11-20(19)26-15(2)27-23/h5-14H,4H2,1-3H3. The topological polar surface area (TPSA) is 81.1 Å². The SMILES string of the molecule is CCC(=O)c1ncc(Oc2cccc(N(C)c3nc(C)nc4ccccc34)c2)cn1. The van der Waals surface area contributed by atoms with Crippen LogP contribution in [0.1, 0.15) is 29.8 Å². The summed E-state index contributed by atoms with van der Waals surface area (Å²) < 4.78 is 5.89. The zero-order chi connectivity index (χ0) is 21.1. The van der Waals surface area contributed by atoms with E-state index in [4.69, 9.17) is 4.74 Å². The summed E-state index contributed by atoms with van der Waals surface area (Å²) in [6, 6.07) is 15.6. The number of nitrogens with zero attached hydrogens (tertiary/aromatic N) is 5. The number of fused-ring (bicyclic) bond motifs is 1. The first-order chi connectivity index (χ1) is 14.5. The Morgan fingerprint density at radius 1 is 1.00 bits per heavy atom. The van der Waals surface area contributed by atoms with Crippen molar-refractivity contribution < 1.29 is 9.53 Å². The van der Waals surface area contributed by atoms with Gasteiger partial charge in [0.15, 0.2) is 17.4 Å². The molecule has 4 rings (SSSR count). The number of carbonyl (C=O) groups is 1. The number of hydrogen-bond acceptors (Lipinski definition) is 7. The number of hydrogen-bond donors (Lipinski definition) is 0. The number of ketones is 1. The highest BCUT2D eigenvalue weighted by atomic mass is 16.5. The second-order valence-corrected chi connectivity index (χ2v) is 6.79. The molecule has 2 heterocycles. The molecule has 2 aromatic heterocycles. The summed E-state index contributed by atoms with van der Waals surface area (Å²) in [5, 5.41) is 0.974. The molecule has 150 valence electrons. The molecule has 0 N–H and O–H groups in total. The second kappa shape index (κ2) is 8.24. The Hall–Kier alpha value is -3.87. The molecule has 0 saturated carbocycles. The van der Waals surface area contributed by atoms with Crippen molar-refractivity contribution in [3.63, 3.8) is 0 Å². The second-order valence-electron chi connectivity index (χ2n) is 6.79. The van der Waals surface area contributed by atoms with Crippen LogP contribution in [-0.4, -0.2) is 32.8 Å². The van der Waals surface area contributed by atoms with E-state index >= 15 is 0 Å². The number of para-hydroxylation sites is 1. The lowest BCUT2D eigenvalue weighted by Crippen LogP contribution is -2.13. The number of aryl methyl sites for hydroxylation is 1. The third kappa shape index (κ3) is 3.96. The Labute approximate surface area is 174 Å². The van der Waals surface area contributed by atoms with Crippen LogP contribution in [0.2, 0.25) is 0 Å². The molecule has 0 aliphatic heterocycles. The molecule has 0 bridgehead atoms.